The molecular weight excluding hydrogens is 312 g/mol. The molecule has 0 saturated carbocycles. The Balaban J connectivity index is 1.78. The van der Waals surface area contributed by atoms with Crippen LogP contribution in [-0.2, 0) is 4.79 Å². The molecule has 2 N–H and O–H groups in total. The zero-order valence-corrected chi connectivity index (χ0v) is 13.1. The first kappa shape index (κ1) is 15.2. The zero-order valence-electron chi connectivity index (χ0n) is 12.3. The van der Waals surface area contributed by atoms with Crippen LogP contribution in [0.4, 0.5) is 0 Å². The number of methoxy groups -OCH3 is 1. The van der Waals surface area contributed by atoms with Crippen molar-refractivity contribution in [1.29, 1.82) is 5.41 Å². The Labute approximate surface area is 137 Å². The van der Waals surface area contributed by atoms with Crippen LogP contribution in [0.1, 0.15) is 5.56 Å². The molecule has 0 radical (unpaired) electrons. The second kappa shape index (κ2) is 6.58. The third kappa shape index (κ3) is 3.73. The Bertz CT molecular complexity index is 785. The number of thioether (sulfide) groups is 1. The first-order valence-electron chi connectivity index (χ1n) is 6.85. The highest BCUT2D eigenvalue weighted by Gasteiger charge is 2.22. The number of rotatable bonds is 4. The van der Waals surface area contributed by atoms with Gasteiger partial charge < -0.3 is 14.8 Å². The van der Waals surface area contributed by atoms with Gasteiger partial charge in [0.05, 0.1) is 12.0 Å². The van der Waals surface area contributed by atoms with Crippen LogP contribution in [0.3, 0.4) is 0 Å². The van der Waals surface area contributed by atoms with Gasteiger partial charge in [-0.2, -0.15) is 0 Å². The molecule has 1 aliphatic rings. The summed E-state index contributed by atoms with van der Waals surface area (Å²) in [6.45, 7) is 0. The molecule has 2 aromatic rings. The van der Waals surface area contributed by atoms with Crippen molar-refractivity contribution in [2.45, 2.75) is 0 Å². The average molecular weight is 326 g/mol. The predicted molar refractivity (Wildman–Crippen MR) is 90.9 cm³/mol. The van der Waals surface area contributed by atoms with E-state index in [0.29, 0.717) is 16.4 Å². The van der Waals surface area contributed by atoms with Crippen LogP contribution >= 0.6 is 11.8 Å². The number of carbonyl (C=O) groups excluding carboxylic acids is 1. The highest BCUT2D eigenvalue weighted by molar-refractivity contribution is 8.18. The molecule has 6 heteroatoms. The molecule has 1 amide bonds. The van der Waals surface area contributed by atoms with Gasteiger partial charge in [-0.15, -0.1) is 0 Å². The molecule has 23 heavy (non-hydrogen) atoms. The smallest absolute Gasteiger partial charge is 0.264 e. The minimum atomic E-state index is -0.249. The number of ether oxygens (including phenoxy) is 2. The Morgan fingerprint density at radius 2 is 1.83 bits per heavy atom. The maximum Gasteiger partial charge on any atom is 0.264 e. The standard InChI is InChI=1S/C17H14N2O3S/c1-21-12-5-7-13(8-6-12)22-14-4-2-3-11(9-14)10-15-16(20)19-17(18)23-15/h2-10H,1H3,(H2,18,19,20)/b15-10-. The van der Waals surface area contributed by atoms with Gasteiger partial charge in [0.25, 0.3) is 5.91 Å². The minimum absolute atomic E-state index is 0.145. The lowest BCUT2D eigenvalue weighted by Gasteiger charge is -2.07. The van der Waals surface area contributed by atoms with Gasteiger partial charge in [-0.3, -0.25) is 10.2 Å². The Kier molecular flexibility index (Phi) is 4.34. The molecule has 3 rings (SSSR count). The summed E-state index contributed by atoms with van der Waals surface area (Å²) in [7, 11) is 1.61. The fraction of sp³-hybridized carbons (Fsp3) is 0.0588. The van der Waals surface area contributed by atoms with Crippen LogP contribution in [0.15, 0.2) is 53.4 Å². The van der Waals surface area contributed by atoms with Crippen LogP contribution in [-0.4, -0.2) is 18.2 Å². The number of amidine groups is 1. The molecule has 0 aromatic heterocycles. The number of amides is 1. The molecular formula is C17H14N2O3S. The molecule has 0 aliphatic carbocycles. The van der Waals surface area contributed by atoms with Crippen LogP contribution in [0.5, 0.6) is 17.2 Å². The Hall–Kier alpha value is -2.73. The van der Waals surface area contributed by atoms with Gasteiger partial charge in [-0.25, -0.2) is 0 Å². The van der Waals surface area contributed by atoms with Crippen LogP contribution in [0.2, 0.25) is 0 Å². The topological polar surface area (TPSA) is 71.4 Å². The number of carbonyl (C=O) groups is 1. The Morgan fingerprint density at radius 3 is 2.48 bits per heavy atom. The fourth-order valence-electron chi connectivity index (χ4n) is 2.04. The molecule has 0 bridgehead atoms. The van der Waals surface area contributed by atoms with E-state index in [0.717, 1.165) is 23.1 Å². The van der Waals surface area contributed by atoms with Crippen molar-refractivity contribution < 1.29 is 14.3 Å². The summed E-state index contributed by atoms with van der Waals surface area (Å²) in [4.78, 5) is 12.1. The van der Waals surface area contributed by atoms with Crippen molar-refractivity contribution in [2.24, 2.45) is 0 Å². The van der Waals surface area contributed by atoms with Gasteiger partial charge in [0.15, 0.2) is 5.17 Å². The highest BCUT2D eigenvalue weighted by Crippen LogP contribution is 2.28. The molecule has 1 fully saturated rings. The number of benzene rings is 2. The first-order valence-corrected chi connectivity index (χ1v) is 7.67. The molecule has 0 spiro atoms. The van der Waals surface area contributed by atoms with E-state index in [1.807, 2.05) is 48.5 Å². The molecule has 1 heterocycles. The molecule has 5 nitrogen and oxygen atoms in total. The molecule has 2 aromatic carbocycles. The number of hydrogen-bond donors (Lipinski definition) is 2. The highest BCUT2D eigenvalue weighted by atomic mass is 32.2. The summed E-state index contributed by atoms with van der Waals surface area (Å²) < 4.78 is 10.9. The van der Waals surface area contributed by atoms with Crippen molar-refractivity contribution in [3.8, 4) is 17.2 Å². The normalized spacial score (nSPS) is 15.6. The third-order valence-electron chi connectivity index (χ3n) is 3.11. The van der Waals surface area contributed by atoms with E-state index in [9.17, 15) is 4.79 Å². The van der Waals surface area contributed by atoms with Crippen molar-refractivity contribution in [3.63, 3.8) is 0 Å². The SMILES string of the molecule is COc1ccc(Oc2cccc(/C=C3\SC(=N)NC3=O)c2)cc1. The van der Waals surface area contributed by atoms with Gasteiger partial charge in [-0.05, 0) is 59.8 Å². The van der Waals surface area contributed by atoms with Gasteiger partial charge in [0, 0.05) is 0 Å². The fourth-order valence-corrected chi connectivity index (χ4v) is 2.74. The largest absolute Gasteiger partial charge is 0.497 e. The van der Waals surface area contributed by atoms with E-state index < -0.39 is 0 Å². The van der Waals surface area contributed by atoms with E-state index in [4.69, 9.17) is 14.9 Å². The summed E-state index contributed by atoms with van der Waals surface area (Å²) in [5.74, 6) is 1.89. The summed E-state index contributed by atoms with van der Waals surface area (Å²) in [5, 5.41) is 10.0. The monoisotopic (exact) mass is 326 g/mol. The first-order chi connectivity index (χ1) is 11.1. The number of hydrogen-bond acceptors (Lipinski definition) is 5. The quantitative estimate of drug-likeness (QED) is 0.842. The van der Waals surface area contributed by atoms with E-state index in [1.165, 1.54) is 0 Å². The summed E-state index contributed by atoms with van der Waals surface area (Å²) >= 11 is 1.11. The van der Waals surface area contributed by atoms with E-state index in [2.05, 4.69) is 5.32 Å². The van der Waals surface area contributed by atoms with E-state index in [-0.39, 0.29) is 11.1 Å². The Morgan fingerprint density at radius 1 is 1.09 bits per heavy atom. The van der Waals surface area contributed by atoms with Crippen molar-refractivity contribution >= 4 is 28.9 Å². The average Bonchev–Trinajstić information content (AvgIpc) is 2.86. The van der Waals surface area contributed by atoms with Crippen LogP contribution in [0.25, 0.3) is 6.08 Å². The lowest BCUT2D eigenvalue weighted by molar-refractivity contribution is -0.115. The minimum Gasteiger partial charge on any atom is -0.497 e. The van der Waals surface area contributed by atoms with Gasteiger partial charge >= 0.3 is 0 Å². The van der Waals surface area contributed by atoms with E-state index in [1.54, 1.807) is 13.2 Å². The van der Waals surface area contributed by atoms with E-state index >= 15 is 0 Å². The predicted octanol–water partition coefficient (Wildman–Crippen LogP) is 3.63. The molecule has 0 atom stereocenters. The van der Waals surface area contributed by atoms with Crippen LogP contribution < -0.4 is 14.8 Å². The molecule has 0 unspecified atom stereocenters. The summed E-state index contributed by atoms with van der Waals surface area (Å²) in [6, 6.07) is 14.7. The van der Waals surface area contributed by atoms with Gasteiger partial charge in [-0.1, -0.05) is 12.1 Å². The maximum absolute atomic E-state index is 11.6. The summed E-state index contributed by atoms with van der Waals surface area (Å²) in [5.41, 5.74) is 0.836. The second-order valence-corrected chi connectivity index (χ2v) is 5.80. The second-order valence-electron chi connectivity index (χ2n) is 4.74. The van der Waals surface area contributed by atoms with Crippen molar-refractivity contribution in [3.05, 3.63) is 59.0 Å². The third-order valence-corrected chi connectivity index (χ3v) is 3.94. The van der Waals surface area contributed by atoms with Crippen molar-refractivity contribution in [1.82, 2.24) is 5.32 Å². The molecule has 116 valence electrons. The molecule has 1 aliphatic heterocycles. The summed E-state index contributed by atoms with van der Waals surface area (Å²) in [6.07, 6.45) is 1.74. The van der Waals surface area contributed by atoms with Crippen LogP contribution in [0, 0.1) is 5.41 Å². The maximum atomic E-state index is 11.6. The lowest BCUT2D eigenvalue weighted by Crippen LogP contribution is -2.18. The van der Waals surface area contributed by atoms with Gasteiger partial charge in [0.1, 0.15) is 17.2 Å². The zero-order chi connectivity index (χ0) is 16.2. The number of nitrogens with one attached hydrogen (secondary N) is 2. The van der Waals surface area contributed by atoms with Gasteiger partial charge in [0.2, 0.25) is 0 Å². The van der Waals surface area contributed by atoms with Crippen molar-refractivity contribution in [2.75, 3.05) is 7.11 Å². The lowest BCUT2D eigenvalue weighted by atomic mass is 10.2. The molecule has 1 saturated heterocycles.